The summed E-state index contributed by atoms with van der Waals surface area (Å²) in [4.78, 5) is 2.45. The SMILES string of the molecule is c1ccc(-c2cccc(N(c3ccc(-c4ccc(-n5c6ccccc6c6c7ccccc7ccc65)cc4)c(-c4ccccc4)c3)c3cc4ccccc4c4ccccc34)c2)cc1. The van der Waals surface area contributed by atoms with Crippen molar-refractivity contribution in [2.75, 3.05) is 4.90 Å². The molecule has 0 atom stereocenters. The number of rotatable bonds is 7. The molecule has 0 radical (unpaired) electrons. The first-order valence-corrected chi connectivity index (χ1v) is 21.3. The third-order valence-electron chi connectivity index (χ3n) is 12.5. The van der Waals surface area contributed by atoms with Gasteiger partial charge in [-0.25, -0.2) is 0 Å². The van der Waals surface area contributed by atoms with Gasteiger partial charge in [-0.15, -0.1) is 0 Å². The van der Waals surface area contributed by atoms with Crippen LogP contribution < -0.4 is 4.90 Å². The zero-order valence-corrected chi connectivity index (χ0v) is 34.0. The molecule has 0 saturated heterocycles. The Bertz CT molecular complexity index is 3620. The topological polar surface area (TPSA) is 8.17 Å². The van der Waals surface area contributed by atoms with Gasteiger partial charge in [-0.3, -0.25) is 0 Å². The van der Waals surface area contributed by atoms with Crippen LogP contribution in [-0.2, 0) is 0 Å². The highest BCUT2D eigenvalue weighted by atomic mass is 15.1. The summed E-state index contributed by atoms with van der Waals surface area (Å²) in [5, 5.41) is 10.0. The maximum atomic E-state index is 2.45. The van der Waals surface area contributed by atoms with E-state index in [-0.39, 0.29) is 0 Å². The maximum absolute atomic E-state index is 2.45. The second-order valence-corrected chi connectivity index (χ2v) is 16.1. The van der Waals surface area contributed by atoms with Gasteiger partial charge in [0.25, 0.3) is 0 Å². The molecule has 0 aliphatic heterocycles. The molecule has 0 aliphatic rings. The van der Waals surface area contributed by atoms with Gasteiger partial charge in [0.1, 0.15) is 0 Å². The van der Waals surface area contributed by atoms with Crippen LogP contribution in [0.1, 0.15) is 0 Å². The van der Waals surface area contributed by atoms with Crippen LogP contribution in [0.25, 0.3) is 93.2 Å². The molecule has 12 aromatic rings. The fourth-order valence-corrected chi connectivity index (χ4v) is 9.69. The fraction of sp³-hybridized carbons (Fsp3) is 0. The van der Waals surface area contributed by atoms with E-state index in [1.165, 1.54) is 87.5 Å². The molecule has 0 bridgehead atoms. The quantitative estimate of drug-likeness (QED) is 0.146. The molecular weight excluding hydrogens is 749 g/mol. The van der Waals surface area contributed by atoms with E-state index in [2.05, 4.69) is 252 Å². The Morgan fingerprint density at radius 2 is 0.887 bits per heavy atom. The Kier molecular flexibility index (Phi) is 8.53. The van der Waals surface area contributed by atoms with Gasteiger partial charge in [0.2, 0.25) is 0 Å². The molecule has 1 aromatic heterocycles. The molecule has 0 spiro atoms. The average Bonchev–Trinajstić information content (AvgIpc) is 3.70. The van der Waals surface area contributed by atoms with Crippen LogP contribution in [-0.4, -0.2) is 4.57 Å². The van der Waals surface area contributed by atoms with Crippen LogP contribution >= 0.6 is 0 Å². The number of benzene rings is 11. The predicted octanol–water partition coefficient (Wildman–Crippen LogP) is 16.7. The minimum atomic E-state index is 1.09. The van der Waals surface area contributed by atoms with Crippen molar-refractivity contribution in [2.24, 2.45) is 0 Å². The second kappa shape index (κ2) is 14.8. The van der Waals surface area contributed by atoms with Crippen molar-refractivity contribution in [3.05, 3.63) is 243 Å². The number of hydrogen-bond acceptors (Lipinski definition) is 1. The number of fused-ring (bicyclic) bond motifs is 8. The van der Waals surface area contributed by atoms with Gasteiger partial charge in [0.15, 0.2) is 0 Å². The fourth-order valence-electron chi connectivity index (χ4n) is 9.69. The van der Waals surface area contributed by atoms with E-state index in [9.17, 15) is 0 Å². The van der Waals surface area contributed by atoms with Crippen LogP contribution in [0, 0.1) is 0 Å². The Morgan fingerprint density at radius 1 is 0.290 bits per heavy atom. The lowest BCUT2D eigenvalue weighted by atomic mass is 9.93. The lowest BCUT2D eigenvalue weighted by Crippen LogP contribution is -2.11. The standard InChI is InChI=1S/C60H40N2/c1-3-16-41(17-4-1)45-22-15-23-48(38-45)61(59-39-46-21-8-9-24-50(46)53-26-11-12-27-54(53)59)49-35-36-51(56(40-49)42-18-5-2-6-19-42)44-30-33-47(34-31-44)62-57-29-14-13-28-55(57)60-52-25-10-7-20-43(52)32-37-58(60)62/h1-40H. The average molecular weight is 789 g/mol. The third kappa shape index (κ3) is 5.96. The van der Waals surface area contributed by atoms with E-state index in [4.69, 9.17) is 0 Å². The predicted molar refractivity (Wildman–Crippen MR) is 264 cm³/mol. The maximum Gasteiger partial charge on any atom is 0.0547 e. The van der Waals surface area contributed by atoms with Gasteiger partial charge in [0, 0.05) is 33.2 Å². The molecule has 2 nitrogen and oxygen atoms in total. The van der Waals surface area contributed by atoms with Crippen LogP contribution in [0.4, 0.5) is 17.1 Å². The summed E-state index contributed by atoms with van der Waals surface area (Å²) in [5.74, 6) is 0. The molecule has 0 fully saturated rings. The van der Waals surface area contributed by atoms with Crippen LogP contribution in [0.3, 0.4) is 0 Å². The van der Waals surface area contributed by atoms with E-state index in [0.717, 1.165) is 22.7 Å². The Balaban J connectivity index is 1.04. The Labute approximate surface area is 360 Å². The molecule has 12 rings (SSSR count). The smallest absolute Gasteiger partial charge is 0.0547 e. The molecule has 0 N–H and O–H groups in total. The van der Waals surface area contributed by atoms with Gasteiger partial charge in [0.05, 0.1) is 16.7 Å². The van der Waals surface area contributed by atoms with E-state index in [1.54, 1.807) is 0 Å². The summed E-state index contributed by atoms with van der Waals surface area (Å²) in [6.45, 7) is 0. The van der Waals surface area contributed by atoms with E-state index >= 15 is 0 Å². The van der Waals surface area contributed by atoms with Crippen molar-refractivity contribution in [1.29, 1.82) is 0 Å². The molecule has 62 heavy (non-hydrogen) atoms. The van der Waals surface area contributed by atoms with Crippen LogP contribution in [0.15, 0.2) is 243 Å². The molecule has 0 unspecified atom stereocenters. The molecule has 0 aliphatic carbocycles. The number of anilines is 3. The van der Waals surface area contributed by atoms with Gasteiger partial charge in [-0.05, 0) is 115 Å². The highest BCUT2D eigenvalue weighted by molar-refractivity contribution is 6.21. The minimum Gasteiger partial charge on any atom is -0.310 e. The van der Waals surface area contributed by atoms with Gasteiger partial charge >= 0.3 is 0 Å². The molecular formula is C60H40N2. The summed E-state index contributed by atoms with van der Waals surface area (Å²) < 4.78 is 2.41. The Morgan fingerprint density at radius 3 is 1.68 bits per heavy atom. The monoisotopic (exact) mass is 788 g/mol. The third-order valence-corrected chi connectivity index (χ3v) is 12.5. The molecule has 0 saturated carbocycles. The van der Waals surface area contributed by atoms with Crippen molar-refractivity contribution >= 4 is 71.2 Å². The van der Waals surface area contributed by atoms with Crippen molar-refractivity contribution in [2.45, 2.75) is 0 Å². The minimum absolute atomic E-state index is 1.09. The normalized spacial score (nSPS) is 11.5. The van der Waals surface area contributed by atoms with E-state index in [0.29, 0.717) is 0 Å². The summed E-state index contributed by atoms with van der Waals surface area (Å²) >= 11 is 0. The highest BCUT2D eigenvalue weighted by Crippen LogP contribution is 2.46. The number of aromatic nitrogens is 1. The van der Waals surface area contributed by atoms with Crippen LogP contribution in [0.2, 0.25) is 0 Å². The van der Waals surface area contributed by atoms with E-state index in [1.807, 2.05) is 0 Å². The molecule has 1 heterocycles. The first-order valence-electron chi connectivity index (χ1n) is 21.3. The lowest BCUT2D eigenvalue weighted by Gasteiger charge is -2.29. The van der Waals surface area contributed by atoms with Crippen molar-refractivity contribution in [3.63, 3.8) is 0 Å². The number of nitrogens with zero attached hydrogens (tertiary/aromatic N) is 2. The molecule has 290 valence electrons. The van der Waals surface area contributed by atoms with E-state index < -0.39 is 0 Å². The molecule has 11 aromatic carbocycles. The number of hydrogen-bond donors (Lipinski definition) is 0. The van der Waals surface area contributed by atoms with Gasteiger partial charge < -0.3 is 9.47 Å². The molecule has 0 amide bonds. The zero-order chi connectivity index (χ0) is 41.0. The first kappa shape index (κ1) is 35.7. The Hall–Kier alpha value is -8.20. The zero-order valence-electron chi connectivity index (χ0n) is 34.0. The summed E-state index contributed by atoms with van der Waals surface area (Å²) in [5.41, 5.74) is 13.9. The van der Waals surface area contributed by atoms with Crippen LogP contribution in [0.5, 0.6) is 0 Å². The number of para-hydroxylation sites is 1. The molecule has 2 heteroatoms. The van der Waals surface area contributed by atoms with Crippen molar-refractivity contribution in [1.82, 2.24) is 4.57 Å². The highest BCUT2D eigenvalue weighted by Gasteiger charge is 2.21. The van der Waals surface area contributed by atoms with Gasteiger partial charge in [-0.2, -0.15) is 0 Å². The summed E-state index contributed by atoms with van der Waals surface area (Å²) in [7, 11) is 0. The lowest BCUT2D eigenvalue weighted by molar-refractivity contribution is 1.18. The summed E-state index contributed by atoms with van der Waals surface area (Å²) in [6.07, 6.45) is 0. The van der Waals surface area contributed by atoms with Crippen molar-refractivity contribution < 1.29 is 0 Å². The second-order valence-electron chi connectivity index (χ2n) is 16.1. The first-order chi connectivity index (χ1) is 30.8. The van der Waals surface area contributed by atoms with Crippen molar-refractivity contribution in [3.8, 4) is 39.1 Å². The van der Waals surface area contributed by atoms with Gasteiger partial charge in [-0.1, -0.05) is 188 Å². The summed E-state index contributed by atoms with van der Waals surface area (Å²) in [6, 6.07) is 88.5. The largest absolute Gasteiger partial charge is 0.310 e.